The Morgan fingerprint density at radius 3 is 2.60 bits per heavy atom. The van der Waals surface area contributed by atoms with E-state index in [4.69, 9.17) is 13.9 Å². The fourth-order valence-electron chi connectivity index (χ4n) is 3.03. The molecular weight excluding hydrogens is 384 g/mol. The first kappa shape index (κ1) is 21.4. The standard InChI is InChI=1S/C23H26N2O5/c1-25(22(14-26)18-8-10-20(28-2)11-9-18)23(27)24-19-6-3-5-17(13-19)15-29-16-21-7-4-12-30-21/h3-13,22,26H,14-16H2,1-2H3,(H,24,27)/t22-/m0/s1. The van der Waals surface area contributed by atoms with E-state index in [0.29, 0.717) is 24.7 Å². The lowest BCUT2D eigenvalue weighted by molar-refractivity contribution is 0.0930. The van der Waals surface area contributed by atoms with Gasteiger partial charge in [0, 0.05) is 12.7 Å². The maximum Gasteiger partial charge on any atom is 0.322 e. The zero-order valence-corrected chi connectivity index (χ0v) is 17.1. The molecule has 158 valence electrons. The van der Waals surface area contributed by atoms with E-state index >= 15 is 0 Å². The van der Waals surface area contributed by atoms with Crippen LogP contribution < -0.4 is 10.1 Å². The molecule has 0 aliphatic rings. The van der Waals surface area contributed by atoms with Gasteiger partial charge < -0.3 is 29.2 Å². The molecule has 3 aromatic rings. The number of hydrogen-bond donors (Lipinski definition) is 2. The third-order valence-corrected chi connectivity index (χ3v) is 4.73. The van der Waals surface area contributed by atoms with Crippen molar-refractivity contribution in [1.82, 2.24) is 4.90 Å². The van der Waals surface area contributed by atoms with Gasteiger partial charge in [0.15, 0.2) is 0 Å². The molecule has 1 aromatic heterocycles. The highest BCUT2D eigenvalue weighted by Crippen LogP contribution is 2.23. The van der Waals surface area contributed by atoms with E-state index in [-0.39, 0.29) is 12.6 Å². The van der Waals surface area contributed by atoms with Crippen molar-refractivity contribution in [3.8, 4) is 5.75 Å². The summed E-state index contributed by atoms with van der Waals surface area (Å²) >= 11 is 0. The van der Waals surface area contributed by atoms with Gasteiger partial charge in [-0.3, -0.25) is 0 Å². The molecule has 0 radical (unpaired) electrons. The number of anilines is 1. The first-order chi connectivity index (χ1) is 14.6. The van der Waals surface area contributed by atoms with Crippen molar-refractivity contribution in [3.05, 3.63) is 83.8 Å². The molecule has 2 aromatic carbocycles. The Morgan fingerprint density at radius 1 is 1.13 bits per heavy atom. The molecule has 30 heavy (non-hydrogen) atoms. The summed E-state index contributed by atoms with van der Waals surface area (Å²) in [4.78, 5) is 14.2. The van der Waals surface area contributed by atoms with E-state index in [1.807, 2.05) is 48.5 Å². The maximum absolute atomic E-state index is 12.7. The molecular formula is C23H26N2O5. The molecule has 0 aliphatic carbocycles. The monoisotopic (exact) mass is 410 g/mol. The lowest BCUT2D eigenvalue weighted by Crippen LogP contribution is -2.36. The van der Waals surface area contributed by atoms with Crippen LogP contribution in [0, 0.1) is 0 Å². The number of aliphatic hydroxyl groups excluding tert-OH is 1. The number of benzene rings is 2. The van der Waals surface area contributed by atoms with Gasteiger partial charge in [-0.1, -0.05) is 24.3 Å². The molecule has 1 atom stereocenters. The topological polar surface area (TPSA) is 84.2 Å². The summed E-state index contributed by atoms with van der Waals surface area (Å²) < 4.78 is 16.0. The van der Waals surface area contributed by atoms with Crippen molar-refractivity contribution < 1.29 is 23.8 Å². The van der Waals surface area contributed by atoms with Gasteiger partial charge in [-0.2, -0.15) is 0 Å². The SMILES string of the molecule is COc1ccc([C@H](CO)N(C)C(=O)Nc2cccc(COCc3ccco3)c2)cc1. The van der Waals surface area contributed by atoms with Crippen LogP contribution in [0.1, 0.15) is 22.9 Å². The average molecular weight is 410 g/mol. The van der Waals surface area contributed by atoms with Crippen molar-refractivity contribution in [3.63, 3.8) is 0 Å². The number of furan rings is 1. The van der Waals surface area contributed by atoms with Crippen LogP contribution in [0.5, 0.6) is 5.75 Å². The molecule has 0 saturated carbocycles. The largest absolute Gasteiger partial charge is 0.497 e. The molecule has 7 heteroatoms. The highest BCUT2D eigenvalue weighted by atomic mass is 16.5. The molecule has 0 spiro atoms. The summed E-state index contributed by atoms with van der Waals surface area (Å²) in [6.45, 7) is 0.578. The lowest BCUT2D eigenvalue weighted by Gasteiger charge is -2.27. The minimum atomic E-state index is -0.476. The summed E-state index contributed by atoms with van der Waals surface area (Å²) in [6, 6.07) is 17.6. The summed E-state index contributed by atoms with van der Waals surface area (Å²) in [6.07, 6.45) is 1.61. The Balaban J connectivity index is 1.59. The van der Waals surface area contributed by atoms with Gasteiger partial charge in [-0.05, 0) is 47.5 Å². The number of rotatable bonds is 9. The molecule has 2 amide bonds. The second-order valence-corrected chi connectivity index (χ2v) is 6.79. The fraction of sp³-hybridized carbons (Fsp3) is 0.261. The number of carbonyl (C=O) groups is 1. The number of amides is 2. The molecule has 7 nitrogen and oxygen atoms in total. The Labute approximate surface area is 175 Å². The molecule has 2 N–H and O–H groups in total. The van der Waals surface area contributed by atoms with Crippen LogP contribution in [-0.2, 0) is 18.0 Å². The predicted molar refractivity (Wildman–Crippen MR) is 113 cm³/mol. The van der Waals surface area contributed by atoms with E-state index in [9.17, 15) is 9.90 Å². The molecule has 1 heterocycles. The van der Waals surface area contributed by atoms with Gasteiger partial charge in [0.25, 0.3) is 0 Å². The number of urea groups is 1. The van der Waals surface area contributed by atoms with Crippen LogP contribution in [0.15, 0.2) is 71.3 Å². The van der Waals surface area contributed by atoms with E-state index in [1.54, 1.807) is 32.6 Å². The second kappa shape index (κ2) is 10.5. The fourth-order valence-corrected chi connectivity index (χ4v) is 3.03. The van der Waals surface area contributed by atoms with Gasteiger partial charge in [0.2, 0.25) is 0 Å². The van der Waals surface area contributed by atoms with Crippen molar-refractivity contribution in [2.75, 3.05) is 26.1 Å². The third kappa shape index (κ3) is 5.62. The van der Waals surface area contributed by atoms with Crippen LogP contribution in [-0.4, -0.2) is 36.8 Å². The number of likely N-dealkylation sites (N-methyl/N-ethyl adjacent to an activating group) is 1. The van der Waals surface area contributed by atoms with Crippen molar-refractivity contribution in [2.45, 2.75) is 19.3 Å². The Kier molecular flexibility index (Phi) is 7.48. The van der Waals surface area contributed by atoms with Gasteiger partial charge in [-0.25, -0.2) is 4.79 Å². The van der Waals surface area contributed by atoms with E-state index in [1.165, 1.54) is 4.90 Å². The van der Waals surface area contributed by atoms with Crippen molar-refractivity contribution in [1.29, 1.82) is 0 Å². The Bertz CT molecular complexity index is 925. The number of carbonyl (C=O) groups excluding carboxylic acids is 1. The molecule has 0 aliphatic heterocycles. The van der Waals surface area contributed by atoms with Crippen LogP contribution >= 0.6 is 0 Å². The highest BCUT2D eigenvalue weighted by Gasteiger charge is 2.21. The first-order valence-corrected chi connectivity index (χ1v) is 9.58. The number of nitrogens with zero attached hydrogens (tertiary/aromatic N) is 1. The zero-order valence-electron chi connectivity index (χ0n) is 17.1. The van der Waals surface area contributed by atoms with Gasteiger partial charge in [0.1, 0.15) is 18.1 Å². The molecule has 0 bridgehead atoms. The van der Waals surface area contributed by atoms with Gasteiger partial charge >= 0.3 is 6.03 Å². The van der Waals surface area contributed by atoms with Crippen LogP contribution in [0.3, 0.4) is 0 Å². The molecule has 0 fully saturated rings. The average Bonchev–Trinajstić information content (AvgIpc) is 3.28. The number of ether oxygens (including phenoxy) is 2. The van der Waals surface area contributed by atoms with Crippen LogP contribution in [0.2, 0.25) is 0 Å². The number of aliphatic hydroxyl groups is 1. The summed E-state index contributed by atoms with van der Waals surface area (Å²) in [7, 11) is 3.24. The number of hydrogen-bond acceptors (Lipinski definition) is 5. The zero-order chi connectivity index (χ0) is 21.3. The Hall–Kier alpha value is -3.29. The normalized spacial score (nSPS) is 11.7. The Morgan fingerprint density at radius 2 is 1.93 bits per heavy atom. The molecule has 3 rings (SSSR count). The summed E-state index contributed by atoms with van der Waals surface area (Å²) in [5.74, 6) is 1.48. The van der Waals surface area contributed by atoms with E-state index in [0.717, 1.165) is 16.9 Å². The lowest BCUT2D eigenvalue weighted by atomic mass is 10.1. The minimum absolute atomic E-state index is 0.198. The first-order valence-electron chi connectivity index (χ1n) is 9.58. The molecule has 0 unspecified atom stereocenters. The number of methoxy groups -OCH3 is 1. The quantitative estimate of drug-likeness (QED) is 0.552. The van der Waals surface area contributed by atoms with Crippen LogP contribution in [0.4, 0.5) is 10.5 Å². The van der Waals surface area contributed by atoms with E-state index in [2.05, 4.69) is 5.32 Å². The second-order valence-electron chi connectivity index (χ2n) is 6.79. The maximum atomic E-state index is 12.7. The predicted octanol–water partition coefficient (Wildman–Crippen LogP) is 4.20. The van der Waals surface area contributed by atoms with Gasteiger partial charge in [-0.15, -0.1) is 0 Å². The van der Waals surface area contributed by atoms with E-state index < -0.39 is 6.04 Å². The van der Waals surface area contributed by atoms with Crippen molar-refractivity contribution in [2.24, 2.45) is 0 Å². The summed E-state index contributed by atoms with van der Waals surface area (Å²) in [5.41, 5.74) is 2.39. The third-order valence-electron chi connectivity index (χ3n) is 4.73. The highest BCUT2D eigenvalue weighted by molar-refractivity contribution is 5.89. The van der Waals surface area contributed by atoms with Crippen LogP contribution in [0.25, 0.3) is 0 Å². The molecule has 0 saturated heterocycles. The van der Waals surface area contributed by atoms with Crippen molar-refractivity contribution >= 4 is 11.7 Å². The summed E-state index contributed by atoms with van der Waals surface area (Å²) in [5, 5.41) is 12.7. The minimum Gasteiger partial charge on any atom is -0.497 e. The van der Waals surface area contributed by atoms with Gasteiger partial charge in [0.05, 0.1) is 32.6 Å². The smallest absolute Gasteiger partial charge is 0.322 e. The number of nitrogens with one attached hydrogen (secondary N) is 1.